The SMILES string of the molecule is CC(C)(C(=O)NCc1ccc(F)cc1F)N1CCNCC1. The van der Waals surface area contributed by atoms with Crippen molar-refractivity contribution < 1.29 is 13.6 Å². The maximum Gasteiger partial charge on any atom is 0.240 e. The number of carbonyl (C=O) groups is 1. The van der Waals surface area contributed by atoms with Crippen LogP contribution in [0.2, 0.25) is 0 Å². The summed E-state index contributed by atoms with van der Waals surface area (Å²) in [5.41, 5.74) is -0.376. The first-order chi connectivity index (χ1) is 9.91. The monoisotopic (exact) mass is 297 g/mol. The van der Waals surface area contributed by atoms with Crippen molar-refractivity contribution in [1.82, 2.24) is 15.5 Å². The third-order valence-corrected chi connectivity index (χ3v) is 3.92. The van der Waals surface area contributed by atoms with Gasteiger partial charge >= 0.3 is 0 Å². The predicted molar refractivity (Wildman–Crippen MR) is 76.7 cm³/mol. The maximum atomic E-state index is 13.5. The van der Waals surface area contributed by atoms with Gasteiger partial charge in [-0.1, -0.05) is 6.07 Å². The Hall–Kier alpha value is -1.53. The van der Waals surface area contributed by atoms with Crippen LogP contribution in [0.1, 0.15) is 19.4 Å². The molecule has 2 rings (SSSR count). The highest BCUT2D eigenvalue weighted by molar-refractivity contribution is 5.85. The van der Waals surface area contributed by atoms with E-state index in [1.807, 2.05) is 13.8 Å². The van der Waals surface area contributed by atoms with Gasteiger partial charge in [-0.3, -0.25) is 9.69 Å². The maximum absolute atomic E-state index is 13.5. The van der Waals surface area contributed by atoms with Crippen LogP contribution in [0, 0.1) is 11.6 Å². The van der Waals surface area contributed by atoms with Gasteiger partial charge < -0.3 is 10.6 Å². The second kappa shape index (κ2) is 6.49. The van der Waals surface area contributed by atoms with Crippen molar-refractivity contribution in [3.05, 3.63) is 35.4 Å². The van der Waals surface area contributed by atoms with Crippen molar-refractivity contribution in [3.63, 3.8) is 0 Å². The Morgan fingerprint density at radius 2 is 2.00 bits per heavy atom. The van der Waals surface area contributed by atoms with Crippen LogP contribution in [0.5, 0.6) is 0 Å². The molecule has 6 heteroatoms. The number of nitrogens with zero attached hydrogens (tertiary/aromatic N) is 1. The van der Waals surface area contributed by atoms with Gasteiger partial charge in [-0.05, 0) is 19.9 Å². The molecule has 0 aromatic heterocycles. The molecule has 0 unspecified atom stereocenters. The summed E-state index contributed by atoms with van der Waals surface area (Å²) < 4.78 is 26.4. The van der Waals surface area contributed by atoms with E-state index in [0.29, 0.717) is 0 Å². The van der Waals surface area contributed by atoms with Crippen LogP contribution in [0.25, 0.3) is 0 Å². The van der Waals surface area contributed by atoms with Gasteiger partial charge in [-0.2, -0.15) is 0 Å². The summed E-state index contributed by atoms with van der Waals surface area (Å²) in [6.07, 6.45) is 0. The van der Waals surface area contributed by atoms with Gasteiger partial charge in [0.25, 0.3) is 0 Å². The van der Waals surface area contributed by atoms with Crippen LogP contribution in [0.3, 0.4) is 0 Å². The van der Waals surface area contributed by atoms with Crippen LogP contribution in [0.15, 0.2) is 18.2 Å². The minimum atomic E-state index is -0.654. The van der Waals surface area contributed by atoms with E-state index in [9.17, 15) is 13.6 Å². The molecular weight excluding hydrogens is 276 g/mol. The predicted octanol–water partition coefficient (Wildman–Crippen LogP) is 1.26. The van der Waals surface area contributed by atoms with Gasteiger partial charge in [0.1, 0.15) is 11.6 Å². The molecule has 1 aromatic rings. The third kappa shape index (κ3) is 3.77. The molecule has 0 atom stereocenters. The number of nitrogens with one attached hydrogen (secondary N) is 2. The van der Waals surface area contributed by atoms with Crippen LogP contribution >= 0.6 is 0 Å². The minimum absolute atomic E-state index is 0.0560. The second-order valence-corrected chi connectivity index (χ2v) is 5.71. The van der Waals surface area contributed by atoms with Gasteiger partial charge in [0, 0.05) is 44.4 Å². The third-order valence-electron chi connectivity index (χ3n) is 3.92. The van der Waals surface area contributed by atoms with E-state index >= 15 is 0 Å². The Balaban J connectivity index is 1.96. The molecule has 0 spiro atoms. The van der Waals surface area contributed by atoms with Crippen molar-refractivity contribution in [1.29, 1.82) is 0 Å². The van der Waals surface area contributed by atoms with E-state index < -0.39 is 17.2 Å². The fraction of sp³-hybridized carbons (Fsp3) is 0.533. The Morgan fingerprint density at radius 3 is 2.62 bits per heavy atom. The number of amides is 1. The van der Waals surface area contributed by atoms with E-state index in [-0.39, 0.29) is 18.0 Å². The molecule has 1 saturated heterocycles. The molecule has 0 aliphatic carbocycles. The zero-order valence-corrected chi connectivity index (χ0v) is 12.4. The Bertz CT molecular complexity index is 514. The average molecular weight is 297 g/mol. The standard InChI is InChI=1S/C15H21F2N3O/c1-15(2,20-7-5-18-6-8-20)14(21)19-10-11-3-4-12(16)9-13(11)17/h3-4,9,18H,5-8,10H2,1-2H3,(H,19,21). The second-order valence-electron chi connectivity index (χ2n) is 5.71. The number of carbonyl (C=O) groups excluding carboxylic acids is 1. The van der Waals surface area contributed by atoms with Crippen molar-refractivity contribution in [2.75, 3.05) is 26.2 Å². The first-order valence-electron chi connectivity index (χ1n) is 7.09. The van der Waals surface area contributed by atoms with E-state index in [4.69, 9.17) is 0 Å². The normalized spacial score (nSPS) is 16.8. The van der Waals surface area contributed by atoms with Crippen LogP contribution in [-0.2, 0) is 11.3 Å². The molecule has 21 heavy (non-hydrogen) atoms. The Labute approximate surface area is 123 Å². The number of hydrogen-bond acceptors (Lipinski definition) is 3. The zero-order valence-electron chi connectivity index (χ0n) is 12.4. The molecule has 1 aliphatic rings. The molecule has 116 valence electrons. The molecule has 1 aliphatic heterocycles. The van der Waals surface area contributed by atoms with Crippen molar-refractivity contribution in [2.45, 2.75) is 25.9 Å². The van der Waals surface area contributed by atoms with Gasteiger partial charge in [-0.25, -0.2) is 8.78 Å². The molecule has 1 fully saturated rings. The summed E-state index contributed by atoms with van der Waals surface area (Å²) in [5, 5.41) is 5.97. The lowest BCUT2D eigenvalue weighted by molar-refractivity contribution is -0.132. The number of halogens is 2. The first kappa shape index (κ1) is 15.9. The summed E-state index contributed by atoms with van der Waals surface area (Å²) in [5.74, 6) is -1.42. The quantitative estimate of drug-likeness (QED) is 0.879. The molecule has 0 saturated carbocycles. The fourth-order valence-corrected chi connectivity index (χ4v) is 2.42. The Kier molecular flexibility index (Phi) is 4.90. The lowest BCUT2D eigenvalue weighted by Crippen LogP contribution is -2.59. The molecule has 1 aromatic carbocycles. The topological polar surface area (TPSA) is 44.4 Å². The summed E-state index contributed by atoms with van der Waals surface area (Å²) in [6, 6.07) is 3.36. The lowest BCUT2D eigenvalue weighted by atomic mass is 10.0. The van der Waals surface area contributed by atoms with E-state index in [0.717, 1.165) is 32.2 Å². The van der Waals surface area contributed by atoms with Gasteiger partial charge in [0.15, 0.2) is 0 Å². The van der Waals surface area contributed by atoms with Crippen LogP contribution in [0.4, 0.5) is 8.78 Å². The summed E-state index contributed by atoms with van der Waals surface area (Å²) in [6.45, 7) is 7.06. The van der Waals surface area contributed by atoms with Gasteiger partial charge in [0.05, 0.1) is 5.54 Å². The number of benzene rings is 1. The molecule has 1 heterocycles. The van der Waals surface area contributed by atoms with Crippen molar-refractivity contribution in [2.24, 2.45) is 0 Å². The highest BCUT2D eigenvalue weighted by Crippen LogP contribution is 2.16. The summed E-state index contributed by atoms with van der Waals surface area (Å²) in [7, 11) is 0. The highest BCUT2D eigenvalue weighted by Gasteiger charge is 2.34. The molecule has 2 N–H and O–H groups in total. The molecule has 1 amide bonds. The zero-order chi connectivity index (χ0) is 15.5. The number of piperazine rings is 1. The number of rotatable bonds is 4. The fourth-order valence-electron chi connectivity index (χ4n) is 2.42. The van der Waals surface area contributed by atoms with E-state index in [1.165, 1.54) is 12.1 Å². The smallest absolute Gasteiger partial charge is 0.240 e. The molecule has 0 bridgehead atoms. The minimum Gasteiger partial charge on any atom is -0.350 e. The van der Waals surface area contributed by atoms with Crippen molar-refractivity contribution in [3.8, 4) is 0 Å². The Morgan fingerprint density at radius 1 is 1.33 bits per heavy atom. The molecule has 4 nitrogen and oxygen atoms in total. The van der Waals surface area contributed by atoms with E-state index in [2.05, 4.69) is 15.5 Å². The largest absolute Gasteiger partial charge is 0.350 e. The average Bonchev–Trinajstić information content (AvgIpc) is 2.47. The van der Waals surface area contributed by atoms with Crippen LogP contribution in [-0.4, -0.2) is 42.5 Å². The van der Waals surface area contributed by atoms with Gasteiger partial charge in [-0.15, -0.1) is 0 Å². The molecular formula is C15H21F2N3O. The molecule has 0 radical (unpaired) electrons. The highest BCUT2D eigenvalue weighted by atomic mass is 19.1. The van der Waals surface area contributed by atoms with Crippen molar-refractivity contribution >= 4 is 5.91 Å². The summed E-state index contributed by atoms with van der Waals surface area (Å²) >= 11 is 0. The van der Waals surface area contributed by atoms with Gasteiger partial charge in [0.2, 0.25) is 5.91 Å². The number of hydrogen-bond donors (Lipinski definition) is 2. The summed E-state index contributed by atoms with van der Waals surface area (Å²) in [4.78, 5) is 14.4. The van der Waals surface area contributed by atoms with Crippen LogP contribution < -0.4 is 10.6 Å². The lowest BCUT2D eigenvalue weighted by Gasteiger charge is -2.39. The van der Waals surface area contributed by atoms with E-state index in [1.54, 1.807) is 0 Å². The first-order valence-corrected chi connectivity index (χ1v) is 7.09.